The second-order valence-corrected chi connectivity index (χ2v) is 2.54. The molecule has 0 unspecified atom stereocenters. The zero-order valence-corrected chi connectivity index (χ0v) is 5.32. The third-order valence-corrected chi connectivity index (χ3v) is 0.971. The molecule has 0 saturated carbocycles. The summed E-state index contributed by atoms with van der Waals surface area (Å²) in [5.41, 5.74) is 0. The summed E-state index contributed by atoms with van der Waals surface area (Å²) in [6.07, 6.45) is 0. The molecule has 54 valence electrons. The second kappa shape index (κ2) is 2.47. The van der Waals surface area contributed by atoms with Crippen molar-refractivity contribution in [1.82, 2.24) is 0 Å². The number of rotatable bonds is 1. The van der Waals surface area contributed by atoms with Gasteiger partial charge in [-0.1, -0.05) is 0 Å². The standard InChI is InChI=1S/C2H4O2.3FH.Pd/c1-2(3)4;;;;/h1H3,(H,3,4);3*1H;/q;;;;+4/p-4. The Balaban J connectivity index is 3.55. The molecule has 0 rings (SSSR count). The third-order valence-electron chi connectivity index (χ3n) is 0.164. The zero-order chi connectivity index (χ0) is 6.78. The topological polar surface area (TPSA) is 26.3 Å². The van der Waals surface area contributed by atoms with Gasteiger partial charge in [0.25, 0.3) is 0 Å². The van der Waals surface area contributed by atoms with Crippen LogP contribution in [0.4, 0.5) is 9.67 Å². The molecule has 0 spiro atoms. The molecule has 0 radical (unpaired) electrons. The maximum absolute atomic E-state index is 11.0. The predicted molar refractivity (Wildman–Crippen MR) is 15.1 cm³/mol. The quantitative estimate of drug-likeness (QED) is 0.625. The molecule has 0 aromatic rings. The van der Waals surface area contributed by atoms with E-state index >= 15 is 0 Å². The van der Waals surface area contributed by atoms with E-state index in [-0.39, 0.29) is 0 Å². The molecule has 0 aliphatic carbocycles. The van der Waals surface area contributed by atoms with Gasteiger partial charge in [-0.25, -0.2) is 0 Å². The molecule has 0 fully saturated rings. The van der Waals surface area contributed by atoms with Crippen LogP contribution in [-0.2, 0) is 25.7 Å². The van der Waals surface area contributed by atoms with Crippen molar-refractivity contribution in [3.63, 3.8) is 0 Å². The molecule has 0 saturated heterocycles. The summed E-state index contributed by atoms with van der Waals surface area (Å²) < 4.78 is 36.0. The first kappa shape index (κ1) is 7.92. The SMILES string of the molecule is CC(=O)[O][Pd]([F])([F])[F]. The molecular formula is C2H3F3O2Pd. The Hall–Kier alpha value is -0.0777. The number of hydrogen-bond donors (Lipinski definition) is 0. The van der Waals surface area contributed by atoms with E-state index in [2.05, 4.69) is 3.46 Å². The maximum atomic E-state index is 11.0. The number of carbonyl (C=O) groups is 1. The minimum absolute atomic E-state index is 0.725. The van der Waals surface area contributed by atoms with Crippen LogP contribution in [-0.4, -0.2) is 5.97 Å². The van der Waals surface area contributed by atoms with Crippen LogP contribution in [0.2, 0.25) is 0 Å². The Morgan fingerprint density at radius 3 is 1.88 bits per heavy atom. The molecule has 0 amide bonds. The van der Waals surface area contributed by atoms with E-state index in [1.54, 1.807) is 0 Å². The number of hydrogen-bond acceptors (Lipinski definition) is 2. The van der Waals surface area contributed by atoms with Gasteiger partial charge >= 0.3 is 48.3 Å². The fraction of sp³-hybridized carbons (Fsp3) is 0.500. The average molecular weight is 222 g/mol. The van der Waals surface area contributed by atoms with Gasteiger partial charge in [-0.15, -0.1) is 0 Å². The molecule has 2 nitrogen and oxygen atoms in total. The van der Waals surface area contributed by atoms with Crippen molar-refractivity contribution < 1.29 is 35.4 Å². The monoisotopic (exact) mass is 222 g/mol. The van der Waals surface area contributed by atoms with E-state index in [1.165, 1.54) is 0 Å². The van der Waals surface area contributed by atoms with Gasteiger partial charge in [-0.2, -0.15) is 0 Å². The van der Waals surface area contributed by atoms with E-state index < -0.39 is 23.4 Å². The van der Waals surface area contributed by atoms with Crippen LogP contribution in [0.15, 0.2) is 0 Å². The summed E-state index contributed by atoms with van der Waals surface area (Å²) in [6.45, 7) is 0.725. The van der Waals surface area contributed by atoms with Crippen molar-refractivity contribution in [2.45, 2.75) is 6.92 Å². The van der Waals surface area contributed by atoms with Crippen molar-refractivity contribution in [1.29, 1.82) is 0 Å². The summed E-state index contributed by atoms with van der Waals surface area (Å²) in [5, 5.41) is 0. The van der Waals surface area contributed by atoms with Gasteiger partial charge in [0.2, 0.25) is 0 Å². The third kappa shape index (κ3) is 5.92. The van der Waals surface area contributed by atoms with Gasteiger partial charge in [-0.05, 0) is 0 Å². The van der Waals surface area contributed by atoms with Crippen LogP contribution >= 0.6 is 0 Å². The van der Waals surface area contributed by atoms with Gasteiger partial charge < -0.3 is 0 Å². The average Bonchev–Trinajstić information content (AvgIpc) is 1.21. The number of carbonyl (C=O) groups excluding carboxylic acids is 1. The Kier molecular flexibility index (Phi) is 2.44. The molecule has 0 atom stereocenters. The van der Waals surface area contributed by atoms with E-state index in [9.17, 15) is 14.5 Å². The molecule has 0 aliphatic heterocycles. The summed E-state index contributed by atoms with van der Waals surface area (Å²) in [7, 11) is 0. The van der Waals surface area contributed by atoms with Crippen LogP contribution < -0.4 is 0 Å². The van der Waals surface area contributed by atoms with Gasteiger partial charge in [0.1, 0.15) is 0 Å². The molecule has 6 heteroatoms. The fourth-order valence-corrected chi connectivity index (χ4v) is 0.610. The summed E-state index contributed by atoms with van der Waals surface area (Å²) >= 11 is -6.17. The van der Waals surface area contributed by atoms with Crippen LogP contribution in [0.5, 0.6) is 0 Å². The summed E-state index contributed by atoms with van der Waals surface area (Å²) in [4.78, 5) is 9.55. The van der Waals surface area contributed by atoms with E-state index in [0.717, 1.165) is 6.92 Å². The molecule has 0 aliphatic rings. The van der Waals surface area contributed by atoms with E-state index in [4.69, 9.17) is 0 Å². The van der Waals surface area contributed by atoms with E-state index in [1.807, 2.05) is 0 Å². The Bertz CT molecular complexity index is 97.9. The fourth-order valence-electron chi connectivity index (χ4n) is 0.103. The zero-order valence-electron chi connectivity index (χ0n) is 3.77. The van der Waals surface area contributed by atoms with Crippen molar-refractivity contribution in [3.05, 3.63) is 0 Å². The van der Waals surface area contributed by atoms with Crippen molar-refractivity contribution in [3.8, 4) is 0 Å². The molecule has 0 bridgehead atoms. The summed E-state index contributed by atoms with van der Waals surface area (Å²) in [5.74, 6) is -1.28. The van der Waals surface area contributed by atoms with Crippen molar-refractivity contribution >= 4 is 5.97 Å². The van der Waals surface area contributed by atoms with Gasteiger partial charge in [0, 0.05) is 0 Å². The molecule has 8 heavy (non-hydrogen) atoms. The van der Waals surface area contributed by atoms with Crippen LogP contribution in [0.25, 0.3) is 0 Å². The molecule has 0 heterocycles. The molecular weight excluding hydrogens is 219 g/mol. The second-order valence-electron chi connectivity index (χ2n) is 0.838. The van der Waals surface area contributed by atoms with Gasteiger partial charge in [0.05, 0.1) is 0 Å². The van der Waals surface area contributed by atoms with Crippen molar-refractivity contribution in [2.24, 2.45) is 0 Å². The first-order valence-corrected chi connectivity index (χ1v) is 3.79. The number of halogens is 3. The Morgan fingerprint density at radius 2 is 1.88 bits per heavy atom. The molecule has 0 aromatic carbocycles. The van der Waals surface area contributed by atoms with Crippen LogP contribution in [0.3, 0.4) is 0 Å². The van der Waals surface area contributed by atoms with E-state index in [0.29, 0.717) is 0 Å². The normalized spacial score (nSPS) is 13.0. The van der Waals surface area contributed by atoms with Gasteiger partial charge in [-0.3, -0.25) is 0 Å². The van der Waals surface area contributed by atoms with Crippen LogP contribution in [0, 0.1) is 0 Å². The van der Waals surface area contributed by atoms with Crippen molar-refractivity contribution in [2.75, 3.05) is 0 Å². The first-order valence-electron chi connectivity index (χ1n) is 1.40. The molecule has 0 N–H and O–H groups in total. The van der Waals surface area contributed by atoms with Crippen LogP contribution in [0.1, 0.15) is 6.92 Å². The minimum atomic E-state index is -6.17. The summed E-state index contributed by atoms with van der Waals surface area (Å²) in [6, 6.07) is 0. The predicted octanol–water partition coefficient (Wildman–Crippen LogP) is 1.27. The van der Waals surface area contributed by atoms with Gasteiger partial charge in [0.15, 0.2) is 0 Å². The first-order chi connectivity index (χ1) is 3.42. The Morgan fingerprint density at radius 1 is 1.50 bits per heavy atom. The Labute approximate surface area is 49.0 Å². The molecule has 0 aromatic heterocycles.